The second-order valence-corrected chi connectivity index (χ2v) is 9.16. The van der Waals surface area contributed by atoms with E-state index in [1.54, 1.807) is 25.2 Å². The number of rotatable bonds is 3. The minimum Gasteiger partial charge on any atom is -0.486 e. The Hall–Kier alpha value is -2.53. The summed E-state index contributed by atoms with van der Waals surface area (Å²) in [4.78, 5) is 14.0. The van der Waals surface area contributed by atoms with E-state index in [1.165, 1.54) is 68.3 Å². The van der Waals surface area contributed by atoms with E-state index in [2.05, 4.69) is 50.8 Å². The van der Waals surface area contributed by atoms with Gasteiger partial charge in [0, 0.05) is 21.0 Å². The molecule has 0 N–H and O–H groups in total. The summed E-state index contributed by atoms with van der Waals surface area (Å²) in [5, 5.41) is 0. The first kappa shape index (κ1) is 30.5. The summed E-state index contributed by atoms with van der Waals surface area (Å²) in [5.41, 5.74) is 5.79. The van der Waals surface area contributed by atoms with Crippen molar-refractivity contribution in [1.82, 2.24) is 9.80 Å². The molecule has 0 unspecified atom stereocenters. The average Bonchev–Trinajstić information content (AvgIpc) is 2.86. The summed E-state index contributed by atoms with van der Waals surface area (Å²) in [6, 6.07) is 12.8. The van der Waals surface area contributed by atoms with Crippen molar-refractivity contribution in [2.45, 2.75) is 67.2 Å². The molecule has 1 amide bonds. The Morgan fingerprint density at radius 3 is 1.77 bits per heavy atom. The van der Waals surface area contributed by atoms with Crippen LogP contribution in [0.5, 0.6) is 11.5 Å². The maximum Gasteiger partial charge on any atom is 0.218 e. The van der Waals surface area contributed by atoms with Crippen LogP contribution in [0.1, 0.15) is 62.8 Å². The molecule has 0 saturated carbocycles. The van der Waals surface area contributed by atoms with Gasteiger partial charge in [0.2, 0.25) is 5.91 Å². The van der Waals surface area contributed by atoms with Gasteiger partial charge in [0.1, 0.15) is 13.2 Å². The molecule has 0 radical (unpaired) electrons. The fourth-order valence-electron chi connectivity index (χ4n) is 3.68. The topological polar surface area (TPSA) is 42.0 Å². The molecule has 1 aliphatic carbocycles. The summed E-state index contributed by atoms with van der Waals surface area (Å²) >= 11 is 0. The highest BCUT2D eigenvalue weighted by Crippen LogP contribution is 2.30. The molecule has 0 bridgehead atoms. The summed E-state index contributed by atoms with van der Waals surface area (Å²) in [6.07, 6.45) is 5.37. The summed E-state index contributed by atoms with van der Waals surface area (Å²) < 4.78 is 10.7. The number of fused-ring (bicyclic) bond motifs is 2. The highest BCUT2D eigenvalue weighted by atomic mass is 16.6. The fraction of sp³-hybridized carbons (Fsp3) is 0.567. The van der Waals surface area contributed by atoms with Gasteiger partial charge in [-0.05, 0) is 88.0 Å². The smallest absolute Gasteiger partial charge is 0.218 e. The molecule has 0 aromatic heterocycles. The largest absolute Gasteiger partial charge is 0.486 e. The Kier molecular flexibility index (Phi) is 14.8. The van der Waals surface area contributed by atoms with Crippen LogP contribution in [0.4, 0.5) is 0 Å². The first-order valence-electron chi connectivity index (χ1n) is 13.1. The molecule has 0 atom stereocenters. The van der Waals surface area contributed by atoms with Crippen LogP contribution in [0, 0.1) is 13.8 Å². The van der Waals surface area contributed by atoms with E-state index in [0.29, 0.717) is 13.2 Å². The first-order chi connectivity index (χ1) is 16.7. The van der Waals surface area contributed by atoms with Crippen LogP contribution in [-0.4, -0.2) is 62.7 Å². The van der Waals surface area contributed by atoms with Gasteiger partial charge in [0.25, 0.3) is 0 Å². The van der Waals surface area contributed by atoms with Crippen molar-refractivity contribution < 1.29 is 14.3 Å². The molecule has 4 rings (SSSR count). The maximum absolute atomic E-state index is 10.1. The van der Waals surface area contributed by atoms with Gasteiger partial charge < -0.3 is 19.3 Å². The number of ether oxygens (including phenoxy) is 2. The number of hydrogen-bond donors (Lipinski definition) is 0. The van der Waals surface area contributed by atoms with E-state index < -0.39 is 0 Å². The van der Waals surface area contributed by atoms with Gasteiger partial charge in [-0.2, -0.15) is 0 Å². The van der Waals surface area contributed by atoms with Gasteiger partial charge in [0.05, 0.1) is 0 Å². The molecule has 5 heteroatoms. The molecule has 1 heterocycles. The van der Waals surface area contributed by atoms with Gasteiger partial charge >= 0.3 is 0 Å². The van der Waals surface area contributed by atoms with Crippen molar-refractivity contribution in [3.05, 3.63) is 58.7 Å². The van der Waals surface area contributed by atoms with Crippen molar-refractivity contribution in [2.24, 2.45) is 0 Å². The Morgan fingerprint density at radius 2 is 1.26 bits per heavy atom. The lowest BCUT2D eigenvalue weighted by molar-refractivity contribution is -0.126. The van der Waals surface area contributed by atoms with Gasteiger partial charge in [0.15, 0.2) is 11.5 Å². The van der Waals surface area contributed by atoms with E-state index in [1.807, 2.05) is 25.1 Å². The molecule has 0 saturated heterocycles. The van der Waals surface area contributed by atoms with E-state index in [-0.39, 0.29) is 5.91 Å². The third-order valence-electron chi connectivity index (χ3n) is 6.17. The normalized spacial score (nSPS) is 13.1. The van der Waals surface area contributed by atoms with Gasteiger partial charge in [-0.25, -0.2) is 0 Å². The third kappa shape index (κ3) is 12.1. The minimum absolute atomic E-state index is 0.0926. The zero-order valence-corrected chi connectivity index (χ0v) is 23.4. The van der Waals surface area contributed by atoms with Crippen LogP contribution < -0.4 is 9.47 Å². The Labute approximate surface area is 214 Å². The molecule has 35 heavy (non-hydrogen) atoms. The molecule has 0 spiro atoms. The number of hydrogen-bond acceptors (Lipinski definition) is 4. The number of nitrogens with zero attached hydrogens (tertiary/aromatic N) is 2. The minimum atomic E-state index is 0.0926. The van der Waals surface area contributed by atoms with Crippen molar-refractivity contribution in [1.29, 1.82) is 0 Å². The molecular formula is C30H48N2O3. The fourth-order valence-corrected chi connectivity index (χ4v) is 3.68. The van der Waals surface area contributed by atoms with Crippen LogP contribution >= 0.6 is 0 Å². The Bertz CT molecular complexity index is 813. The van der Waals surface area contributed by atoms with Crippen molar-refractivity contribution in [3.8, 4) is 11.5 Å². The van der Waals surface area contributed by atoms with E-state index in [0.717, 1.165) is 11.5 Å². The molecule has 2 aliphatic rings. The predicted molar refractivity (Wildman–Crippen MR) is 148 cm³/mol. The number of carbonyl (C=O) groups excluding carboxylic acids is 1. The zero-order chi connectivity index (χ0) is 26.2. The highest BCUT2D eigenvalue weighted by Gasteiger charge is 2.10. The average molecular weight is 485 g/mol. The highest BCUT2D eigenvalue weighted by molar-refractivity contribution is 5.72. The number of amides is 1. The molecule has 196 valence electrons. The lowest BCUT2D eigenvalue weighted by Gasteiger charge is -2.18. The SMILES string of the molecule is CC(=O)N(C)C.CCN(CC)CC.Cc1ccc2c(c1)CCCC2.Cc1ccc2c(c1)OCCO2. The van der Waals surface area contributed by atoms with Crippen LogP contribution in [0.3, 0.4) is 0 Å². The van der Waals surface area contributed by atoms with Crippen LogP contribution in [-0.2, 0) is 17.6 Å². The van der Waals surface area contributed by atoms with Crippen LogP contribution in [0.2, 0.25) is 0 Å². The third-order valence-corrected chi connectivity index (χ3v) is 6.17. The van der Waals surface area contributed by atoms with Crippen molar-refractivity contribution in [2.75, 3.05) is 46.9 Å². The molecule has 2 aromatic rings. The number of benzene rings is 2. The van der Waals surface area contributed by atoms with E-state index in [9.17, 15) is 4.79 Å². The second kappa shape index (κ2) is 17.0. The summed E-state index contributed by atoms with van der Waals surface area (Å²) in [5.74, 6) is 1.83. The lowest BCUT2D eigenvalue weighted by atomic mass is 9.91. The summed E-state index contributed by atoms with van der Waals surface area (Å²) in [7, 11) is 3.45. The van der Waals surface area contributed by atoms with Crippen LogP contribution in [0.15, 0.2) is 36.4 Å². The van der Waals surface area contributed by atoms with Gasteiger partial charge in [-0.1, -0.05) is 50.6 Å². The van der Waals surface area contributed by atoms with E-state index >= 15 is 0 Å². The second-order valence-electron chi connectivity index (χ2n) is 9.16. The predicted octanol–water partition coefficient (Wildman–Crippen LogP) is 6.08. The van der Waals surface area contributed by atoms with Gasteiger partial charge in [-0.15, -0.1) is 0 Å². The molecule has 2 aromatic carbocycles. The number of carbonyl (C=O) groups is 1. The quantitative estimate of drug-likeness (QED) is 0.529. The first-order valence-corrected chi connectivity index (χ1v) is 13.1. The van der Waals surface area contributed by atoms with Crippen molar-refractivity contribution >= 4 is 5.91 Å². The van der Waals surface area contributed by atoms with Crippen molar-refractivity contribution in [3.63, 3.8) is 0 Å². The van der Waals surface area contributed by atoms with Gasteiger partial charge in [-0.3, -0.25) is 4.79 Å². The molecule has 0 fully saturated rings. The summed E-state index contributed by atoms with van der Waals surface area (Å²) in [6.45, 7) is 17.2. The number of aryl methyl sites for hydroxylation is 4. The molecule has 5 nitrogen and oxygen atoms in total. The standard InChI is InChI=1S/C11H14.C9H10O2.C6H15N.C4H9NO/c1-9-6-7-10-4-2-3-5-11(10)8-9;1-7-2-3-8-9(6-7)11-5-4-10-8;1-4-7(5-2)6-3;1-4(6)5(2)3/h6-8H,2-5H2,1H3;2-3,6H,4-5H2,1H3;4-6H2,1-3H3;1-3H3. The Morgan fingerprint density at radius 1 is 0.771 bits per heavy atom. The van der Waals surface area contributed by atoms with E-state index in [4.69, 9.17) is 9.47 Å². The Balaban J connectivity index is 0.000000243. The molecule has 1 aliphatic heterocycles. The molecular weight excluding hydrogens is 436 g/mol. The van der Waals surface area contributed by atoms with Crippen LogP contribution in [0.25, 0.3) is 0 Å². The monoisotopic (exact) mass is 484 g/mol. The zero-order valence-electron chi connectivity index (χ0n) is 23.4. The lowest BCUT2D eigenvalue weighted by Crippen LogP contribution is -2.21. The maximum atomic E-state index is 10.1.